The molecule has 0 saturated heterocycles. The number of hydrogen-bond donors (Lipinski definition) is 4. The molecule has 28 heavy (non-hydrogen) atoms. The largest absolute Gasteiger partial charge is 0.435 e. The molecule has 9 nitrogen and oxygen atoms in total. The molecule has 0 bridgehead atoms. The van der Waals surface area contributed by atoms with Crippen LogP contribution in [0.4, 0.5) is 30.5 Å². The summed E-state index contributed by atoms with van der Waals surface area (Å²) in [5.41, 5.74) is 11.6. The minimum Gasteiger partial charge on any atom is -0.435 e. The SMILES string of the molecule is N#CNC1=NC(c2ccc(OC(F)F)cc2F)c2c(nc(N)c(C#N)c2N)N1. The van der Waals surface area contributed by atoms with Gasteiger partial charge in [-0.05, 0) is 12.1 Å². The van der Waals surface area contributed by atoms with E-state index in [0.717, 1.165) is 12.1 Å². The predicted molar refractivity (Wildman–Crippen MR) is 92.5 cm³/mol. The molecular formula is C16H11F3N8O. The lowest BCUT2D eigenvalue weighted by Crippen LogP contribution is -2.33. The Morgan fingerprint density at radius 2 is 2.04 bits per heavy atom. The van der Waals surface area contributed by atoms with Crippen molar-refractivity contribution in [1.82, 2.24) is 10.3 Å². The number of hydrogen-bond acceptors (Lipinski definition) is 9. The van der Waals surface area contributed by atoms with Crippen LogP contribution >= 0.6 is 0 Å². The number of anilines is 3. The molecule has 0 aliphatic carbocycles. The molecule has 2 heterocycles. The van der Waals surface area contributed by atoms with Crippen LogP contribution in [0.1, 0.15) is 22.7 Å². The number of nitrogen functional groups attached to an aromatic ring is 2. The number of alkyl halides is 2. The highest BCUT2D eigenvalue weighted by atomic mass is 19.3. The molecule has 12 heteroatoms. The molecule has 1 unspecified atom stereocenters. The number of fused-ring (bicyclic) bond motifs is 1. The summed E-state index contributed by atoms with van der Waals surface area (Å²) in [6.45, 7) is -3.12. The lowest BCUT2D eigenvalue weighted by atomic mass is 9.94. The van der Waals surface area contributed by atoms with Gasteiger partial charge in [0, 0.05) is 17.2 Å². The highest BCUT2D eigenvalue weighted by Crippen LogP contribution is 2.41. The number of pyridine rings is 1. The van der Waals surface area contributed by atoms with Crippen molar-refractivity contribution < 1.29 is 17.9 Å². The van der Waals surface area contributed by atoms with E-state index in [0.29, 0.717) is 0 Å². The Bertz CT molecular complexity index is 1060. The highest BCUT2D eigenvalue weighted by Gasteiger charge is 2.31. The van der Waals surface area contributed by atoms with E-state index in [1.54, 1.807) is 6.19 Å². The molecule has 1 aromatic carbocycles. The van der Waals surface area contributed by atoms with Crippen LogP contribution in [0.15, 0.2) is 23.2 Å². The number of guanidine groups is 1. The first-order chi connectivity index (χ1) is 13.3. The van der Waals surface area contributed by atoms with E-state index in [9.17, 15) is 18.4 Å². The molecule has 1 aliphatic heterocycles. The smallest absolute Gasteiger partial charge is 0.387 e. The van der Waals surface area contributed by atoms with Crippen LogP contribution in [-0.2, 0) is 0 Å². The summed E-state index contributed by atoms with van der Waals surface area (Å²) < 4.78 is 43.5. The molecule has 1 atom stereocenters. The van der Waals surface area contributed by atoms with Gasteiger partial charge in [0.05, 0.1) is 5.69 Å². The van der Waals surface area contributed by atoms with Crippen molar-refractivity contribution >= 4 is 23.3 Å². The lowest BCUT2D eigenvalue weighted by molar-refractivity contribution is -0.0500. The van der Waals surface area contributed by atoms with Crippen molar-refractivity contribution in [3.05, 3.63) is 40.7 Å². The van der Waals surface area contributed by atoms with Gasteiger partial charge in [-0.2, -0.15) is 19.3 Å². The third-order valence-electron chi connectivity index (χ3n) is 3.85. The van der Waals surface area contributed by atoms with Gasteiger partial charge >= 0.3 is 6.61 Å². The van der Waals surface area contributed by atoms with Gasteiger partial charge in [0.2, 0.25) is 5.96 Å². The van der Waals surface area contributed by atoms with Gasteiger partial charge in [0.15, 0.2) is 6.19 Å². The summed E-state index contributed by atoms with van der Waals surface area (Å²) in [5, 5.41) is 23.0. The standard InChI is InChI=1S/C16H11F3N8O/c17-9-3-6(28-15(18)19)1-2-7(9)12-10-11(22)8(4-20)13(23)26-14(10)27-16(25-12)24-5-21/h1-3,12,15H,(H6,22,23,24,25,26,27). The van der Waals surface area contributed by atoms with Gasteiger partial charge in [-0.1, -0.05) is 0 Å². The highest BCUT2D eigenvalue weighted by molar-refractivity contribution is 5.98. The van der Waals surface area contributed by atoms with Crippen LogP contribution in [0.5, 0.6) is 5.75 Å². The normalized spacial score (nSPS) is 14.9. The quantitative estimate of drug-likeness (QED) is 0.458. The molecule has 0 saturated carbocycles. The van der Waals surface area contributed by atoms with Crippen LogP contribution in [0, 0.1) is 28.6 Å². The van der Waals surface area contributed by atoms with Crippen LogP contribution in [-0.4, -0.2) is 17.6 Å². The summed E-state index contributed by atoms with van der Waals surface area (Å²) >= 11 is 0. The van der Waals surface area contributed by atoms with E-state index in [-0.39, 0.29) is 45.7 Å². The number of ether oxygens (including phenoxy) is 1. The number of nitrogens with two attached hydrogens (primary N) is 2. The summed E-state index contributed by atoms with van der Waals surface area (Å²) in [7, 11) is 0. The van der Waals surface area contributed by atoms with Crippen molar-refractivity contribution in [3.63, 3.8) is 0 Å². The van der Waals surface area contributed by atoms with Crippen molar-refractivity contribution in [3.8, 4) is 18.0 Å². The summed E-state index contributed by atoms with van der Waals surface area (Å²) in [6, 6.07) is 3.76. The number of nitrogens with zero attached hydrogens (tertiary/aromatic N) is 4. The molecule has 1 aromatic heterocycles. The first-order valence-corrected chi connectivity index (χ1v) is 7.58. The summed E-state index contributed by atoms with van der Waals surface area (Å²) in [4.78, 5) is 8.20. The summed E-state index contributed by atoms with van der Waals surface area (Å²) in [5.74, 6) is -1.46. The van der Waals surface area contributed by atoms with E-state index in [2.05, 4.69) is 25.3 Å². The molecule has 0 spiro atoms. The average molecular weight is 388 g/mol. The van der Waals surface area contributed by atoms with Crippen LogP contribution in [0.3, 0.4) is 0 Å². The second-order valence-electron chi connectivity index (χ2n) is 5.46. The minimum atomic E-state index is -3.12. The average Bonchev–Trinajstić information content (AvgIpc) is 2.61. The van der Waals surface area contributed by atoms with Crippen LogP contribution in [0.2, 0.25) is 0 Å². The van der Waals surface area contributed by atoms with Gasteiger partial charge in [-0.15, -0.1) is 0 Å². The van der Waals surface area contributed by atoms with Crippen LogP contribution in [0.25, 0.3) is 0 Å². The second kappa shape index (κ2) is 7.20. The third kappa shape index (κ3) is 3.26. The zero-order valence-corrected chi connectivity index (χ0v) is 13.9. The van der Waals surface area contributed by atoms with Gasteiger partial charge in [0.1, 0.15) is 40.9 Å². The predicted octanol–water partition coefficient (Wildman–Crippen LogP) is 1.80. The fourth-order valence-electron chi connectivity index (χ4n) is 2.71. The minimum absolute atomic E-state index is 0.0660. The van der Waals surface area contributed by atoms with Gasteiger partial charge in [-0.25, -0.2) is 14.4 Å². The first-order valence-electron chi connectivity index (χ1n) is 7.58. The van der Waals surface area contributed by atoms with E-state index in [1.165, 1.54) is 6.07 Å². The maximum absolute atomic E-state index is 14.6. The maximum atomic E-state index is 14.6. The Labute approximate surface area is 156 Å². The van der Waals surface area contributed by atoms with E-state index >= 15 is 0 Å². The number of aliphatic imine (C=N–C) groups is 1. The fraction of sp³-hybridized carbons (Fsp3) is 0.125. The molecule has 2 aromatic rings. The zero-order chi connectivity index (χ0) is 20.4. The number of rotatable bonds is 3. The molecule has 6 N–H and O–H groups in total. The van der Waals surface area contributed by atoms with Crippen molar-refractivity contribution in [2.45, 2.75) is 12.7 Å². The Kier molecular flexibility index (Phi) is 4.78. The second-order valence-corrected chi connectivity index (χ2v) is 5.46. The number of aromatic nitrogens is 1. The molecule has 1 aliphatic rings. The van der Waals surface area contributed by atoms with Gasteiger partial charge < -0.3 is 21.5 Å². The Morgan fingerprint density at radius 3 is 2.64 bits per heavy atom. The van der Waals surface area contributed by atoms with Gasteiger partial charge in [0.25, 0.3) is 0 Å². The summed E-state index contributed by atoms with van der Waals surface area (Å²) in [6.07, 6.45) is 1.65. The number of nitriles is 2. The third-order valence-corrected chi connectivity index (χ3v) is 3.85. The Morgan fingerprint density at radius 1 is 1.29 bits per heavy atom. The van der Waals surface area contributed by atoms with Crippen molar-refractivity contribution in [1.29, 1.82) is 10.5 Å². The van der Waals surface area contributed by atoms with Crippen molar-refractivity contribution in [2.75, 3.05) is 16.8 Å². The fourth-order valence-corrected chi connectivity index (χ4v) is 2.71. The van der Waals surface area contributed by atoms with Gasteiger partial charge in [-0.3, -0.25) is 5.32 Å². The van der Waals surface area contributed by atoms with E-state index in [1.807, 2.05) is 6.07 Å². The molecular weight excluding hydrogens is 377 g/mol. The molecule has 3 rings (SSSR count). The Balaban J connectivity index is 2.18. The van der Waals surface area contributed by atoms with E-state index in [4.69, 9.17) is 16.7 Å². The Hall–Kier alpha value is -4.19. The van der Waals surface area contributed by atoms with Crippen molar-refractivity contribution in [2.24, 2.45) is 4.99 Å². The molecule has 142 valence electrons. The molecule has 0 amide bonds. The number of nitrogens with one attached hydrogen (secondary N) is 2. The van der Waals surface area contributed by atoms with E-state index < -0.39 is 18.5 Å². The number of benzene rings is 1. The van der Waals surface area contributed by atoms with Crippen LogP contribution < -0.4 is 26.8 Å². The maximum Gasteiger partial charge on any atom is 0.387 e. The first kappa shape index (κ1) is 18.6. The number of halogens is 3. The molecule has 0 fully saturated rings. The monoisotopic (exact) mass is 388 g/mol. The topological polar surface area (TPSA) is 158 Å². The molecule has 0 radical (unpaired) electrons. The lowest BCUT2D eigenvalue weighted by Gasteiger charge is -2.26. The zero-order valence-electron chi connectivity index (χ0n) is 13.9.